The van der Waals surface area contributed by atoms with Crippen molar-refractivity contribution in [3.8, 4) is 11.4 Å². The summed E-state index contributed by atoms with van der Waals surface area (Å²) in [5.74, 6) is -1.69. The van der Waals surface area contributed by atoms with E-state index >= 15 is 0 Å². The summed E-state index contributed by atoms with van der Waals surface area (Å²) >= 11 is 6.31. The monoisotopic (exact) mass is 825 g/mol. The molecule has 0 bridgehead atoms. The van der Waals surface area contributed by atoms with E-state index in [0.29, 0.717) is 35.7 Å². The van der Waals surface area contributed by atoms with Gasteiger partial charge in [-0.3, -0.25) is 23.8 Å². The second kappa shape index (κ2) is 16.8. The molecule has 6 rings (SSSR count). The number of carbonyl (C=O) groups excluding carboxylic acids is 1. The zero-order valence-corrected chi connectivity index (χ0v) is 32.4. The molecule has 18 heteroatoms. The van der Waals surface area contributed by atoms with Crippen molar-refractivity contribution in [1.29, 1.82) is 0 Å². The third-order valence-electron chi connectivity index (χ3n) is 9.05. The number of para-hydroxylation sites is 1. The van der Waals surface area contributed by atoms with Crippen LogP contribution in [-0.2, 0) is 41.0 Å². The van der Waals surface area contributed by atoms with Gasteiger partial charge in [0.1, 0.15) is 27.4 Å². The molecule has 0 aliphatic heterocycles. The predicted octanol–water partition coefficient (Wildman–Crippen LogP) is 6.71. The summed E-state index contributed by atoms with van der Waals surface area (Å²) in [5.41, 5.74) is -0.757. The van der Waals surface area contributed by atoms with E-state index in [2.05, 4.69) is 14.8 Å². The number of pyridine rings is 1. The standard InChI is InChI=1S/C39H36ClF4N7O5S/c1-4-56-28-14-12-27(13-15-28)51-37(47-32-10-6-5-9-29(32)38(51)53)33(17-19-46-57(54,55)35-24(2)48-49(3)36(35)40)50(23-26-8-7-18-45-22-26)34(52)21-25-11-16-30(31(41)20-25)39(42,43)44/h5-16,18,20,22,33,46H,4,17,19,21,23H2,1-3H3. The Kier molecular flexibility index (Phi) is 12.1. The topological polar surface area (TPSA) is 141 Å². The van der Waals surface area contributed by atoms with Crippen LogP contribution >= 0.6 is 11.6 Å². The first kappa shape index (κ1) is 41.0. The molecule has 0 aliphatic carbocycles. The third-order valence-corrected chi connectivity index (χ3v) is 11.2. The average molecular weight is 826 g/mol. The SMILES string of the molecule is CCOc1ccc(-n2c(C(CCNS(=O)(=O)c3c(C)nn(C)c3Cl)N(Cc3cccnc3)C(=O)Cc3ccc(C(F)(F)F)c(F)c3)nc3ccccc3c2=O)cc1. The van der Waals surface area contributed by atoms with Crippen LogP contribution in [0, 0.1) is 12.7 Å². The fraction of sp³-hybridized carbons (Fsp3) is 0.256. The Labute approximate surface area is 329 Å². The Morgan fingerprint density at radius 2 is 1.77 bits per heavy atom. The number of nitrogens with zero attached hydrogens (tertiary/aromatic N) is 6. The first-order chi connectivity index (χ1) is 27.1. The van der Waals surface area contributed by atoms with Gasteiger partial charge >= 0.3 is 6.18 Å². The quantitative estimate of drug-likeness (QED) is 0.120. The van der Waals surface area contributed by atoms with Crippen LogP contribution in [0.3, 0.4) is 0 Å². The summed E-state index contributed by atoms with van der Waals surface area (Å²) in [6.07, 6.45) is -2.69. The molecule has 0 aliphatic rings. The number of hydrogen-bond acceptors (Lipinski definition) is 8. The van der Waals surface area contributed by atoms with E-state index in [1.165, 1.54) is 40.5 Å². The van der Waals surface area contributed by atoms with Crippen molar-refractivity contribution >= 4 is 38.4 Å². The molecule has 0 radical (unpaired) electrons. The Hall–Kier alpha value is -5.65. The van der Waals surface area contributed by atoms with Gasteiger partial charge in [0.25, 0.3) is 5.56 Å². The minimum Gasteiger partial charge on any atom is -0.494 e. The molecule has 6 aromatic rings. The molecular formula is C39H36ClF4N7O5S. The number of rotatable bonds is 14. The largest absolute Gasteiger partial charge is 0.494 e. The van der Waals surface area contributed by atoms with Crippen LogP contribution in [-0.4, -0.2) is 56.7 Å². The van der Waals surface area contributed by atoms with E-state index in [4.69, 9.17) is 21.3 Å². The minimum absolute atomic E-state index is 0.0356. The van der Waals surface area contributed by atoms with Gasteiger partial charge in [0.15, 0.2) is 0 Å². The summed E-state index contributed by atoms with van der Waals surface area (Å²) in [6.45, 7) is 3.19. The van der Waals surface area contributed by atoms with E-state index in [9.17, 15) is 35.6 Å². The fourth-order valence-electron chi connectivity index (χ4n) is 6.46. The minimum atomic E-state index is -4.96. The van der Waals surface area contributed by atoms with Crippen LogP contribution in [0.25, 0.3) is 16.6 Å². The Balaban J connectivity index is 1.52. The predicted molar refractivity (Wildman–Crippen MR) is 204 cm³/mol. The number of hydrogen-bond donors (Lipinski definition) is 1. The van der Waals surface area contributed by atoms with Crippen LogP contribution in [0.2, 0.25) is 5.15 Å². The zero-order valence-electron chi connectivity index (χ0n) is 30.8. The molecule has 1 N–H and O–H groups in total. The zero-order chi connectivity index (χ0) is 41.1. The molecule has 57 heavy (non-hydrogen) atoms. The Bertz CT molecular complexity index is 2590. The van der Waals surface area contributed by atoms with Crippen LogP contribution in [0.5, 0.6) is 5.75 Å². The van der Waals surface area contributed by atoms with Crippen molar-refractivity contribution in [3.63, 3.8) is 0 Å². The molecular weight excluding hydrogens is 790 g/mol. The summed E-state index contributed by atoms with van der Waals surface area (Å²) in [6, 6.07) is 17.5. The second-order valence-corrected chi connectivity index (χ2v) is 15.0. The van der Waals surface area contributed by atoms with Gasteiger partial charge in [-0.15, -0.1) is 0 Å². The molecule has 1 amide bonds. The summed E-state index contributed by atoms with van der Waals surface area (Å²) in [4.78, 5) is 39.2. The molecule has 1 unspecified atom stereocenters. The van der Waals surface area contributed by atoms with Crippen molar-refractivity contribution in [3.05, 3.63) is 141 Å². The van der Waals surface area contributed by atoms with Gasteiger partial charge in [0.05, 0.1) is 46.9 Å². The molecule has 3 aromatic heterocycles. The van der Waals surface area contributed by atoms with Crippen molar-refractivity contribution < 1.29 is 35.5 Å². The Morgan fingerprint density at radius 1 is 1.04 bits per heavy atom. The van der Waals surface area contributed by atoms with Crippen molar-refractivity contribution in [2.75, 3.05) is 13.2 Å². The van der Waals surface area contributed by atoms with E-state index in [1.807, 2.05) is 6.92 Å². The molecule has 3 aromatic carbocycles. The molecule has 3 heterocycles. The van der Waals surface area contributed by atoms with Crippen LogP contribution in [0.4, 0.5) is 17.6 Å². The van der Waals surface area contributed by atoms with Crippen molar-refractivity contribution in [2.24, 2.45) is 7.05 Å². The smallest absolute Gasteiger partial charge is 0.419 e. The molecule has 12 nitrogen and oxygen atoms in total. The summed E-state index contributed by atoms with van der Waals surface area (Å²) < 4.78 is 93.0. The maximum Gasteiger partial charge on any atom is 0.419 e. The van der Waals surface area contributed by atoms with Gasteiger partial charge in [0.2, 0.25) is 15.9 Å². The van der Waals surface area contributed by atoms with Gasteiger partial charge in [0, 0.05) is 32.5 Å². The number of benzene rings is 3. The molecule has 0 fully saturated rings. The van der Waals surface area contributed by atoms with E-state index < -0.39 is 51.5 Å². The van der Waals surface area contributed by atoms with E-state index in [-0.39, 0.29) is 57.5 Å². The lowest BCUT2D eigenvalue weighted by molar-refractivity contribution is -0.140. The highest BCUT2D eigenvalue weighted by Crippen LogP contribution is 2.33. The molecule has 0 spiro atoms. The highest BCUT2D eigenvalue weighted by molar-refractivity contribution is 7.89. The van der Waals surface area contributed by atoms with Gasteiger partial charge in [-0.05, 0) is 86.0 Å². The molecule has 298 valence electrons. The van der Waals surface area contributed by atoms with Crippen LogP contribution < -0.4 is 15.0 Å². The number of alkyl halides is 3. The van der Waals surface area contributed by atoms with Crippen LogP contribution in [0.1, 0.15) is 47.6 Å². The second-order valence-electron chi connectivity index (χ2n) is 13.0. The lowest BCUT2D eigenvalue weighted by Crippen LogP contribution is -2.41. The van der Waals surface area contributed by atoms with Gasteiger partial charge in [-0.1, -0.05) is 35.9 Å². The normalized spacial score (nSPS) is 12.5. The number of ether oxygens (including phenoxy) is 1. The Morgan fingerprint density at radius 3 is 2.40 bits per heavy atom. The number of nitrogens with one attached hydrogen (secondary N) is 1. The number of aromatic nitrogens is 5. The molecule has 1 atom stereocenters. The molecule has 0 saturated carbocycles. The van der Waals surface area contributed by atoms with Crippen molar-refractivity contribution in [1.82, 2.24) is 33.9 Å². The number of aryl methyl sites for hydroxylation is 2. The van der Waals surface area contributed by atoms with Crippen molar-refractivity contribution in [2.45, 2.75) is 50.3 Å². The average Bonchev–Trinajstić information content (AvgIpc) is 3.43. The maximum atomic E-state index is 14.8. The first-order valence-corrected chi connectivity index (χ1v) is 19.4. The number of sulfonamides is 1. The first-order valence-electron chi connectivity index (χ1n) is 17.6. The third kappa shape index (κ3) is 9.00. The lowest BCUT2D eigenvalue weighted by Gasteiger charge is -2.33. The van der Waals surface area contributed by atoms with E-state index in [0.717, 1.165) is 6.07 Å². The summed E-state index contributed by atoms with van der Waals surface area (Å²) in [5, 5.41) is 4.21. The van der Waals surface area contributed by atoms with Gasteiger partial charge < -0.3 is 9.64 Å². The lowest BCUT2D eigenvalue weighted by atomic mass is 10.0. The highest BCUT2D eigenvalue weighted by atomic mass is 35.5. The van der Waals surface area contributed by atoms with Gasteiger partial charge in [-0.25, -0.2) is 22.5 Å². The maximum absolute atomic E-state index is 14.8. The van der Waals surface area contributed by atoms with Gasteiger partial charge in [-0.2, -0.15) is 18.3 Å². The van der Waals surface area contributed by atoms with Crippen LogP contribution in [0.15, 0.2) is 101 Å². The summed E-state index contributed by atoms with van der Waals surface area (Å²) in [7, 11) is -2.80. The van der Waals surface area contributed by atoms with E-state index in [1.54, 1.807) is 60.7 Å². The number of fused-ring (bicyclic) bond motifs is 1. The fourth-order valence-corrected chi connectivity index (χ4v) is 8.25. The number of carbonyl (C=O) groups is 1. The highest BCUT2D eigenvalue weighted by Gasteiger charge is 2.35. The number of halogens is 5. The number of amides is 1. The molecule has 0 saturated heterocycles.